The summed E-state index contributed by atoms with van der Waals surface area (Å²) < 4.78 is 18.5. The molecule has 1 aromatic heterocycles. The number of halogens is 1. The number of amides is 2. The maximum atomic E-state index is 13.1. The molecule has 1 aliphatic rings. The summed E-state index contributed by atoms with van der Waals surface area (Å²) in [5.74, 6) is -0.944. The number of carbonyl (C=O) groups excluding carboxylic acids is 2. The molecule has 0 unspecified atom stereocenters. The number of hydrogen-bond acceptors (Lipinski definition) is 6. The van der Waals surface area contributed by atoms with Gasteiger partial charge in [0.1, 0.15) is 24.0 Å². The van der Waals surface area contributed by atoms with Crippen LogP contribution in [0.15, 0.2) is 24.3 Å². The van der Waals surface area contributed by atoms with Crippen molar-refractivity contribution in [2.24, 2.45) is 0 Å². The van der Waals surface area contributed by atoms with Crippen LogP contribution in [0.1, 0.15) is 27.7 Å². The van der Waals surface area contributed by atoms with Gasteiger partial charge in [0.2, 0.25) is 10.9 Å². The number of aromatic nitrogens is 2. The van der Waals surface area contributed by atoms with E-state index in [0.717, 1.165) is 37.3 Å². The Bertz CT molecular complexity index is 761. The van der Waals surface area contributed by atoms with Crippen LogP contribution in [0.3, 0.4) is 0 Å². The Morgan fingerprint density at radius 2 is 2.08 bits per heavy atom. The Labute approximate surface area is 147 Å². The molecule has 2 amide bonds. The van der Waals surface area contributed by atoms with Gasteiger partial charge in [0, 0.05) is 18.8 Å². The molecule has 0 saturated carbocycles. The molecule has 0 aliphatic carbocycles. The number of anilines is 1. The highest BCUT2D eigenvalue weighted by Gasteiger charge is 2.18. The standard InChI is InChI=1S/C16H17FN4O3S/c17-11-4-3-5-12(8-11)18-15(23)16-20-19-13(25-16)9-24-10-14(22)21-6-1-2-7-21/h3-5,8H,1-2,6-7,9-10H2,(H,18,23). The Morgan fingerprint density at radius 3 is 2.84 bits per heavy atom. The van der Waals surface area contributed by atoms with Crippen molar-refractivity contribution in [2.45, 2.75) is 19.4 Å². The van der Waals surface area contributed by atoms with Crippen molar-refractivity contribution in [2.75, 3.05) is 25.0 Å². The van der Waals surface area contributed by atoms with E-state index in [-0.39, 0.29) is 24.1 Å². The first-order chi connectivity index (χ1) is 12.1. The van der Waals surface area contributed by atoms with Crippen molar-refractivity contribution >= 4 is 28.8 Å². The van der Waals surface area contributed by atoms with Crippen LogP contribution in [-0.2, 0) is 16.1 Å². The molecule has 0 spiro atoms. The number of rotatable bonds is 6. The predicted molar refractivity (Wildman–Crippen MR) is 89.7 cm³/mol. The summed E-state index contributed by atoms with van der Waals surface area (Å²) in [4.78, 5) is 25.7. The molecule has 3 rings (SSSR count). The number of ether oxygens (including phenoxy) is 1. The molecule has 7 nitrogen and oxygen atoms in total. The van der Waals surface area contributed by atoms with E-state index in [1.165, 1.54) is 18.2 Å². The maximum Gasteiger partial charge on any atom is 0.286 e. The highest BCUT2D eigenvalue weighted by Crippen LogP contribution is 2.15. The lowest BCUT2D eigenvalue weighted by atomic mass is 10.3. The predicted octanol–water partition coefficient (Wildman–Crippen LogP) is 2.07. The summed E-state index contributed by atoms with van der Waals surface area (Å²) in [6, 6.07) is 5.59. The van der Waals surface area contributed by atoms with Gasteiger partial charge in [-0.05, 0) is 31.0 Å². The molecule has 1 aromatic carbocycles. The second-order valence-corrected chi connectivity index (χ2v) is 6.61. The molecule has 0 bridgehead atoms. The van der Waals surface area contributed by atoms with Gasteiger partial charge in [-0.3, -0.25) is 9.59 Å². The molecule has 1 saturated heterocycles. The molecule has 25 heavy (non-hydrogen) atoms. The Balaban J connectivity index is 1.48. The van der Waals surface area contributed by atoms with Crippen molar-refractivity contribution in [1.82, 2.24) is 15.1 Å². The highest BCUT2D eigenvalue weighted by molar-refractivity contribution is 7.13. The third-order valence-electron chi connectivity index (χ3n) is 3.65. The quantitative estimate of drug-likeness (QED) is 0.848. The van der Waals surface area contributed by atoms with Gasteiger partial charge < -0.3 is 15.0 Å². The van der Waals surface area contributed by atoms with Gasteiger partial charge in [0.05, 0.1) is 0 Å². The Morgan fingerprint density at radius 1 is 1.28 bits per heavy atom. The van der Waals surface area contributed by atoms with Crippen LogP contribution in [0.4, 0.5) is 10.1 Å². The summed E-state index contributed by atoms with van der Waals surface area (Å²) in [5.41, 5.74) is 0.342. The van der Waals surface area contributed by atoms with Gasteiger partial charge in [-0.25, -0.2) is 4.39 Å². The third-order valence-corrected chi connectivity index (χ3v) is 4.55. The molecule has 1 aliphatic heterocycles. The van der Waals surface area contributed by atoms with E-state index in [1.807, 2.05) is 0 Å². The summed E-state index contributed by atoms with van der Waals surface area (Å²) in [7, 11) is 0. The van der Waals surface area contributed by atoms with Crippen LogP contribution in [-0.4, -0.2) is 46.6 Å². The van der Waals surface area contributed by atoms with Gasteiger partial charge in [0.15, 0.2) is 0 Å². The average molecular weight is 364 g/mol. The fourth-order valence-corrected chi connectivity index (χ4v) is 3.11. The minimum absolute atomic E-state index is 0.00952. The van der Waals surface area contributed by atoms with Crippen LogP contribution in [0.2, 0.25) is 0 Å². The summed E-state index contributed by atoms with van der Waals surface area (Å²) in [6.07, 6.45) is 2.07. The lowest BCUT2D eigenvalue weighted by molar-refractivity contribution is -0.135. The van der Waals surface area contributed by atoms with Crippen molar-refractivity contribution in [3.63, 3.8) is 0 Å². The van der Waals surface area contributed by atoms with Crippen molar-refractivity contribution in [3.8, 4) is 0 Å². The largest absolute Gasteiger partial charge is 0.364 e. The normalized spacial score (nSPS) is 13.9. The van der Waals surface area contributed by atoms with E-state index in [9.17, 15) is 14.0 Å². The van der Waals surface area contributed by atoms with Crippen LogP contribution in [0.25, 0.3) is 0 Å². The van der Waals surface area contributed by atoms with Gasteiger partial charge in [-0.2, -0.15) is 0 Å². The van der Waals surface area contributed by atoms with Gasteiger partial charge in [0.25, 0.3) is 5.91 Å². The van der Waals surface area contributed by atoms with E-state index >= 15 is 0 Å². The van der Waals surface area contributed by atoms with E-state index in [4.69, 9.17) is 4.74 Å². The highest BCUT2D eigenvalue weighted by atomic mass is 32.1. The monoisotopic (exact) mass is 364 g/mol. The zero-order valence-corrected chi connectivity index (χ0v) is 14.2. The second kappa shape index (κ2) is 8.13. The maximum absolute atomic E-state index is 13.1. The zero-order valence-electron chi connectivity index (χ0n) is 13.4. The van der Waals surface area contributed by atoms with Crippen molar-refractivity contribution in [1.29, 1.82) is 0 Å². The van der Waals surface area contributed by atoms with Crippen LogP contribution in [0, 0.1) is 5.82 Å². The van der Waals surface area contributed by atoms with Crippen LogP contribution in [0.5, 0.6) is 0 Å². The summed E-state index contributed by atoms with van der Waals surface area (Å²) in [6.45, 7) is 1.67. The number of benzene rings is 1. The molecule has 1 fully saturated rings. The van der Waals surface area contributed by atoms with Crippen molar-refractivity contribution in [3.05, 3.63) is 40.1 Å². The second-order valence-electron chi connectivity index (χ2n) is 5.55. The number of nitrogens with zero attached hydrogens (tertiary/aromatic N) is 3. The summed E-state index contributed by atoms with van der Waals surface area (Å²) >= 11 is 1.07. The molecule has 0 radical (unpaired) electrons. The van der Waals surface area contributed by atoms with Crippen LogP contribution >= 0.6 is 11.3 Å². The minimum Gasteiger partial charge on any atom is -0.364 e. The van der Waals surface area contributed by atoms with E-state index in [2.05, 4.69) is 15.5 Å². The number of nitrogens with one attached hydrogen (secondary N) is 1. The number of likely N-dealkylation sites (tertiary alicyclic amines) is 1. The lowest BCUT2D eigenvalue weighted by Gasteiger charge is -2.14. The van der Waals surface area contributed by atoms with E-state index in [1.54, 1.807) is 11.0 Å². The SMILES string of the molecule is O=C(Nc1cccc(F)c1)c1nnc(COCC(=O)N2CCCC2)s1. The topological polar surface area (TPSA) is 84.4 Å². The smallest absolute Gasteiger partial charge is 0.286 e. The molecular weight excluding hydrogens is 347 g/mol. The number of carbonyl (C=O) groups is 2. The first kappa shape index (κ1) is 17.4. The van der Waals surface area contributed by atoms with Gasteiger partial charge >= 0.3 is 0 Å². The van der Waals surface area contributed by atoms with E-state index < -0.39 is 11.7 Å². The molecule has 0 atom stereocenters. The van der Waals surface area contributed by atoms with Crippen LogP contribution < -0.4 is 5.32 Å². The third kappa shape index (κ3) is 4.80. The zero-order chi connectivity index (χ0) is 17.6. The molecule has 2 heterocycles. The Hall–Kier alpha value is -2.39. The Kier molecular flexibility index (Phi) is 5.67. The molecule has 9 heteroatoms. The average Bonchev–Trinajstić information content (AvgIpc) is 3.27. The summed E-state index contributed by atoms with van der Waals surface area (Å²) in [5, 5.41) is 10.9. The minimum atomic E-state index is -0.470. The molecular formula is C16H17FN4O3S. The van der Waals surface area contributed by atoms with E-state index in [0.29, 0.717) is 10.7 Å². The fourth-order valence-electron chi connectivity index (χ4n) is 2.44. The van der Waals surface area contributed by atoms with Gasteiger partial charge in [-0.15, -0.1) is 10.2 Å². The number of hydrogen-bond donors (Lipinski definition) is 1. The van der Waals surface area contributed by atoms with Crippen molar-refractivity contribution < 1.29 is 18.7 Å². The van der Waals surface area contributed by atoms with Gasteiger partial charge in [-0.1, -0.05) is 17.4 Å². The molecule has 132 valence electrons. The first-order valence-electron chi connectivity index (χ1n) is 7.86. The fraction of sp³-hybridized carbons (Fsp3) is 0.375. The molecule has 2 aromatic rings. The molecule has 1 N–H and O–H groups in total. The lowest BCUT2D eigenvalue weighted by Crippen LogP contribution is -2.31. The first-order valence-corrected chi connectivity index (χ1v) is 8.68.